The van der Waals surface area contributed by atoms with Crippen molar-refractivity contribution in [3.63, 3.8) is 0 Å². The van der Waals surface area contributed by atoms with Crippen LogP contribution in [0, 0.1) is 0 Å². The summed E-state index contributed by atoms with van der Waals surface area (Å²) in [7, 11) is 0. The molecular formula is C11H6ClNO4. The lowest BCUT2D eigenvalue weighted by Crippen LogP contribution is -1.99. The van der Waals surface area contributed by atoms with Crippen molar-refractivity contribution < 1.29 is 19.1 Å². The van der Waals surface area contributed by atoms with Crippen molar-refractivity contribution in [3.05, 3.63) is 41.9 Å². The maximum Gasteiger partial charge on any atom is 0.358 e. The van der Waals surface area contributed by atoms with Gasteiger partial charge in [-0.3, -0.25) is 4.79 Å². The molecule has 0 amide bonds. The van der Waals surface area contributed by atoms with Crippen LogP contribution in [0.15, 0.2) is 35.1 Å². The van der Waals surface area contributed by atoms with Gasteiger partial charge in [-0.25, -0.2) is 9.78 Å². The molecule has 1 heterocycles. The summed E-state index contributed by atoms with van der Waals surface area (Å²) < 4.78 is 5.00. The molecule has 0 saturated carbocycles. The first-order chi connectivity index (χ1) is 8.09. The number of benzene rings is 1. The Morgan fingerprint density at radius 1 is 1.35 bits per heavy atom. The third-order valence-corrected chi connectivity index (χ3v) is 2.34. The number of halogens is 1. The number of carbonyl (C=O) groups is 2. The molecule has 0 aliphatic rings. The third kappa shape index (κ3) is 2.19. The molecule has 6 heteroatoms. The molecule has 2 rings (SSSR count). The number of carboxylic acid groups (broad SMARTS) is 1. The van der Waals surface area contributed by atoms with Gasteiger partial charge in [0.25, 0.3) is 5.24 Å². The fraction of sp³-hybridized carbons (Fsp3) is 0. The second kappa shape index (κ2) is 4.39. The smallest absolute Gasteiger partial charge is 0.358 e. The SMILES string of the molecule is O=C(Cl)c1cccc(-c2ocnc2C(=O)O)c1. The lowest BCUT2D eigenvalue weighted by Gasteiger charge is -1.99. The van der Waals surface area contributed by atoms with Gasteiger partial charge in [-0.05, 0) is 17.7 Å². The highest BCUT2D eigenvalue weighted by Crippen LogP contribution is 2.24. The number of aromatic carboxylic acids is 1. The van der Waals surface area contributed by atoms with Crippen LogP contribution >= 0.6 is 11.6 Å². The van der Waals surface area contributed by atoms with E-state index in [1.165, 1.54) is 12.1 Å². The van der Waals surface area contributed by atoms with Gasteiger partial charge in [0.05, 0.1) is 0 Å². The molecule has 0 aliphatic carbocycles. The number of nitrogens with zero attached hydrogens (tertiary/aromatic N) is 1. The molecule has 2 aromatic rings. The summed E-state index contributed by atoms with van der Waals surface area (Å²) in [5, 5.41) is 8.26. The van der Waals surface area contributed by atoms with E-state index < -0.39 is 11.2 Å². The number of oxazole rings is 1. The van der Waals surface area contributed by atoms with Gasteiger partial charge < -0.3 is 9.52 Å². The minimum absolute atomic E-state index is 0.0947. The summed E-state index contributed by atoms with van der Waals surface area (Å²) in [6.07, 6.45) is 1.04. The highest BCUT2D eigenvalue weighted by Gasteiger charge is 2.17. The Kier molecular flexibility index (Phi) is 2.93. The van der Waals surface area contributed by atoms with E-state index in [1.807, 2.05) is 0 Å². The fourth-order valence-electron chi connectivity index (χ4n) is 1.39. The van der Waals surface area contributed by atoms with Crippen molar-refractivity contribution in [2.75, 3.05) is 0 Å². The fourth-order valence-corrected chi connectivity index (χ4v) is 1.50. The number of carboxylic acids is 1. The molecule has 86 valence electrons. The van der Waals surface area contributed by atoms with Crippen LogP contribution in [-0.4, -0.2) is 21.3 Å². The molecule has 0 fully saturated rings. The molecule has 1 N–H and O–H groups in total. The molecule has 0 radical (unpaired) electrons. The predicted molar refractivity (Wildman–Crippen MR) is 59.1 cm³/mol. The maximum atomic E-state index is 11.0. The van der Waals surface area contributed by atoms with E-state index >= 15 is 0 Å². The van der Waals surface area contributed by atoms with Gasteiger partial charge in [-0.2, -0.15) is 0 Å². The lowest BCUT2D eigenvalue weighted by atomic mass is 10.1. The van der Waals surface area contributed by atoms with Crippen molar-refractivity contribution in [1.29, 1.82) is 0 Å². The van der Waals surface area contributed by atoms with Gasteiger partial charge in [0, 0.05) is 11.1 Å². The Morgan fingerprint density at radius 3 is 2.76 bits per heavy atom. The number of hydrogen-bond acceptors (Lipinski definition) is 4. The second-order valence-electron chi connectivity index (χ2n) is 3.19. The summed E-state index contributed by atoms with van der Waals surface area (Å²) >= 11 is 5.34. The highest BCUT2D eigenvalue weighted by molar-refractivity contribution is 6.67. The standard InChI is InChI=1S/C11H6ClNO4/c12-10(14)7-3-1-2-6(4-7)9-8(11(15)16)13-5-17-9/h1-5H,(H,15,16). The van der Waals surface area contributed by atoms with Crippen LogP contribution in [0.1, 0.15) is 20.8 Å². The van der Waals surface area contributed by atoms with Crippen LogP contribution in [0.4, 0.5) is 0 Å². The Morgan fingerprint density at radius 2 is 2.12 bits per heavy atom. The first-order valence-corrected chi connectivity index (χ1v) is 4.94. The van der Waals surface area contributed by atoms with E-state index in [2.05, 4.69) is 4.98 Å². The van der Waals surface area contributed by atoms with Crippen molar-refractivity contribution in [3.8, 4) is 11.3 Å². The van der Waals surface area contributed by atoms with Gasteiger partial charge in [0.1, 0.15) is 0 Å². The van der Waals surface area contributed by atoms with Gasteiger partial charge in [0.15, 0.2) is 17.8 Å². The number of aromatic nitrogens is 1. The van der Waals surface area contributed by atoms with Gasteiger partial charge >= 0.3 is 5.97 Å². The molecule has 5 nitrogen and oxygen atoms in total. The van der Waals surface area contributed by atoms with Crippen LogP contribution in [-0.2, 0) is 0 Å². The summed E-state index contributed by atoms with van der Waals surface area (Å²) in [5.41, 5.74) is 0.493. The number of hydrogen-bond donors (Lipinski definition) is 1. The molecule has 17 heavy (non-hydrogen) atoms. The van der Waals surface area contributed by atoms with E-state index in [0.29, 0.717) is 5.56 Å². The zero-order valence-corrected chi connectivity index (χ0v) is 9.14. The zero-order valence-electron chi connectivity index (χ0n) is 8.38. The van der Waals surface area contributed by atoms with E-state index in [9.17, 15) is 9.59 Å². The molecule has 0 atom stereocenters. The highest BCUT2D eigenvalue weighted by atomic mass is 35.5. The van der Waals surface area contributed by atoms with E-state index in [-0.39, 0.29) is 17.0 Å². The summed E-state index contributed by atoms with van der Waals surface area (Å²) in [6.45, 7) is 0. The topological polar surface area (TPSA) is 80.4 Å². The first kappa shape index (κ1) is 11.3. The Hall–Kier alpha value is -2.14. The summed E-state index contributed by atoms with van der Waals surface area (Å²) in [5.74, 6) is -1.10. The van der Waals surface area contributed by atoms with Crippen LogP contribution in [0.3, 0.4) is 0 Å². The normalized spacial score (nSPS) is 10.2. The molecule has 0 unspecified atom stereocenters. The van der Waals surface area contributed by atoms with Crippen molar-refractivity contribution in [2.45, 2.75) is 0 Å². The van der Waals surface area contributed by atoms with Gasteiger partial charge in [-0.1, -0.05) is 18.2 Å². The number of carbonyl (C=O) groups excluding carboxylic acids is 1. The minimum atomic E-state index is -1.20. The second-order valence-corrected chi connectivity index (χ2v) is 3.53. The lowest BCUT2D eigenvalue weighted by molar-refractivity contribution is 0.0691. The maximum absolute atomic E-state index is 11.0. The Labute approximate surface area is 101 Å². The van der Waals surface area contributed by atoms with E-state index in [4.69, 9.17) is 21.1 Å². The molecule has 0 spiro atoms. The molecular weight excluding hydrogens is 246 g/mol. The Bertz CT molecular complexity index is 591. The minimum Gasteiger partial charge on any atom is -0.476 e. The van der Waals surface area contributed by atoms with Crippen molar-refractivity contribution in [1.82, 2.24) is 4.98 Å². The molecule has 1 aromatic heterocycles. The van der Waals surface area contributed by atoms with E-state index in [0.717, 1.165) is 6.39 Å². The average Bonchev–Trinajstić information content (AvgIpc) is 2.78. The molecule has 0 bridgehead atoms. The van der Waals surface area contributed by atoms with Crippen molar-refractivity contribution >= 4 is 22.8 Å². The average molecular weight is 252 g/mol. The van der Waals surface area contributed by atoms with Crippen LogP contribution in [0.25, 0.3) is 11.3 Å². The third-order valence-electron chi connectivity index (χ3n) is 2.12. The largest absolute Gasteiger partial charge is 0.476 e. The quantitative estimate of drug-likeness (QED) is 0.848. The van der Waals surface area contributed by atoms with Crippen molar-refractivity contribution in [2.24, 2.45) is 0 Å². The summed E-state index contributed by atoms with van der Waals surface area (Å²) in [6, 6.07) is 6.16. The number of rotatable bonds is 3. The van der Waals surface area contributed by atoms with Crippen LogP contribution in [0.5, 0.6) is 0 Å². The van der Waals surface area contributed by atoms with E-state index in [1.54, 1.807) is 12.1 Å². The van der Waals surface area contributed by atoms with Crippen LogP contribution < -0.4 is 0 Å². The molecule has 1 aromatic carbocycles. The predicted octanol–water partition coefficient (Wildman–Crippen LogP) is 2.42. The van der Waals surface area contributed by atoms with Gasteiger partial charge in [0.2, 0.25) is 0 Å². The Balaban J connectivity index is 2.53. The summed E-state index contributed by atoms with van der Waals surface area (Å²) in [4.78, 5) is 25.4. The monoisotopic (exact) mass is 251 g/mol. The van der Waals surface area contributed by atoms with Gasteiger partial charge in [-0.15, -0.1) is 0 Å². The molecule has 0 aliphatic heterocycles. The zero-order chi connectivity index (χ0) is 12.4. The van der Waals surface area contributed by atoms with Crippen LogP contribution in [0.2, 0.25) is 0 Å². The first-order valence-electron chi connectivity index (χ1n) is 4.56. The molecule has 0 saturated heterocycles.